The lowest BCUT2D eigenvalue weighted by Gasteiger charge is -2.27. The maximum absolute atomic E-state index is 10.3. The zero-order chi connectivity index (χ0) is 12.3. The Kier molecular flexibility index (Phi) is 3.81. The Morgan fingerprint density at radius 1 is 1.12 bits per heavy atom. The van der Waals surface area contributed by atoms with Crippen molar-refractivity contribution in [1.82, 2.24) is 0 Å². The van der Waals surface area contributed by atoms with Gasteiger partial charge in [0.1, 0.15) is 0 Å². The fraction of sp³-hybridized carbons (Fsp3) is 0.538. The first-order chi connectivity index (χ1) is 7.41. The third kappa shape index (κ3) is 2.47. The molecule has 3 heteroatoms. The summed E-state index contributed by atoms with van der Waals surface area (Å²) >= 11 is 0. The van der Waals surface area contributed by atoms with E-state index in [1.807, 2.05) is 39.0 Å². The second-order valence-corrected chi connectivity index (χ2v) is 4.85. The fourth-order valence-electron chi connectivity index (χ4n) is 1.59. The van der Waals surface area contributed by atoms with Crippen molar-refractivity contribution in [1.29, 1.82) is 0 Å². The minimum atomic E-state index is -0.586. The number of ether oxygens (including phenoxy) is 2. The molecule has 1 aromatic rings. The molecule has 1 N–H and O–H groups in total. The van der Waals surface area contributed by atoms with Gasteiger partial charge in [0, 0.05) is 5.56 Å². The molecular formula is C13H20O3. The van der Waals surface area contributed by atoms with Gasteiger partial charge in [0.15, 0.2) is 11.5 Å². The molecule has 1 rings (SSSR count). The summed E-state index contributed by atoms with van der Waals surface area (Å²) in [6.07, 6.45) is -0.586. The minimum Gasteiger partial charge on any atom is -0.493 e. The highest BCUT2D eigenvalue weighted by molar-refractivity contribution is 5.48. The van der Waals surface area contributed by atoms with Crippen LogP contribution in [-0.4, -0.2) is 19.3 Å². The smallest absolute Gasteiger partial charge is 0.166 e. The van der Waals surface area contributed by atoms with Gasteiger partial charge >= 0.3 is 0 Å². The molecule has 16 heavy (non-hydrogen) atoms. The maximum Gasteiger partial charge on any atom is 0.166 e. The Bertz CT molecular complexity index is 353. The summed E-state index contributed by atoms with van der Waals surface area (Å²) in [7, 11) is 3.17. The van der Waals surface area contributed by atoms with Gasteiger partial charge in [-0.25, -0.2) is 0 Å². The van der Waals surface area contributed by atoms with Crippen molar-refractivity contribution in [2.24, 2.45) is 5.41 Å². The summed E-state index contributed by atoms with van der Waals surface area (Å²) in [6.45, 7) is 5.95. The maximum atomic E-state index is 10.3. The molecule has 0 aliphatic heterocycles. The quantitative estimate of drug-likeness (QED) is 0.858. The molecule has 0 heterocycles. The Labute approximate surface area is 97.0 Å². The summed E-state index contributed by atoms with van der Waals surface area (Å²) < 4.78 is 10.5. The highest BCUT2D eigenvalue weighted by Gasteiger charge is 2.27. The van der Waals surface area contributed by atoms with Crippen LogP contribution in [0.5, 0.6) is 11.5 Å². The van der Waals surface area contributed by atoms with Gasteiger partial charge in [0.05, 0.1) is 20.3 Å². The Morgan fingerprint density at radius 3 is 2.19 bits per heavy atom. The molecule has 0 fully saturated rings. The van der Waals surface area contributed by atoms with Crippen LogP contribution in [0.3, 0.4) is 0 Å². The van der Waals surface area contributed by atoms with Gasteiger partial charge < -0.3 is 14.6 Å². The van der Waals surface area contributed by atoms with Crippen molar-refractivity contribution in [3.63, 3.8) is 0 Å². The number of methoxy groups -OCH3 is 2. The lowest BCUT2D eigenvalue weighted by atomic mass is 9.84. The molecule has 0 radical (unpaired) electrons. The van der Waals surface area contributed by atoms with Crippen molar-refractivity contribution in [3.8, 4) is 11.5 Å². The van der Waals surface area contributed by atoms with E-state index in [-0.39, 0.29) is 5.41 Å². The molecule has 1 atom stereocenters. The van der Waals surface area contributed by atoms with E-state index in [1.165, 1.54) is 0 Å². The van der Waals surface area contributed by atoms with Crippen LogP contribution >= 0.6 is 0 Å². The molecule has 0 aliphatic carbocycles. The summed E-state index contributed by atoms with van der Waals surface area (Å²) in [5.74, 6) is 1.25. The summed E-state index contributed by atoms with van der Waals surface area (Å²) in [5, 5.41) is 10.3. The molecule has 0 saturated heterocycles. The normalized spacial score (nSPS) is 13.4. The predicted molar refractivity (Wildman–Crippen MR) is 64.0 cm³/mol. The van der Waals surface area contributed by atoms with Gasteiger partial charge in [-0.1, -0.05) is 32.9 Å². The van der Waals surface area contributed by atoms with Crippen molar-refractivity contribution in [3.05, 3.63) is 23.8 Å². The lowest BCUT2D eigenvalue weighted by molar-refractivity contribution is 0.0600. The summed E-state index contributed by atoms with van der Waals surface area (Å²) in [6, 6.07) is 5.53. The molecule has 0 amide bonds. The molecule has 0 aromatic heterocycles. The van der Waals surface area contributed by atoms with Crippen LogP contribution < -0.4 is 9.47 Å². The summed E-state index contributed by atoms with van der Waals surface area (Å²) in [4.78, 5) is 0. The molecule has 90 valence electrons. The van der Waals surface area contributed by atoms with Crippen LogP contribution in [0.25, 0.3) is 0 Å². The van der Waals surface area contributed by atoms with E-state index in [0.717, 1.165) is 5.56 Å². The number of hydrogen-bond donors (Lipinski definition) is 1. The van der Waals surface area contributed by atoms with Gasteiger partial charge in [-0.2, -0.15) is 0 Å². The van der Waals surface area contributed by atoms with Gasteiger partial charge in [0.25, 0.3) is 0 Å². The van der Waals surface area contributed by atoms with Crippen LogP contribution in [0.4, 0.5) is 0 Å². The molecular weight excluding hydrogens is 204 g/mol. The monoisotopic (exact) mass is 224 g/mol. The number of hydrogen-bond acceptors (Lipinski definition) is 3. The third-order valence-electron chi connectivity index (χ3n) is 2.55. The van der Waals surface area contributed by atoms with Crippen molar-refractivity contribution >= 4 is 0 Å². The van der Waals surface area contributed by atoms with Gasteiger partial charge in [0.2, 0.25) is 0 Å². The summed E-state index contributed by atoms with van der Waals surface area (Å²) in [5.41, 5.74) is 0.522. The average molecular weight is 224 g/mol. The number of rotatable bonds is 3. The van der Waals surface area contributed by atoms with Crippen molar-refractivity contribution in [2.45, 2.75) is 26.9 Å². The van der Waals surface area contributed by atoms with Crippen LogP contribution in [0.2, 0.25) is 0 Å². The van der Waals surface area contributed by atoms with E-state index in [1.54, 1.807) is 14.2 Å². The topological polar surface area (TPSA) is 38.7 Å². The molecule has 0 saturated carbocycles. The van der Waals surface area contributed by atoms with Crippen LogP contribution in [0.15, 0.2) is 18.2 Å². The predicted octanol–water partition coefficient (Wildman–Crippen LogP) is 2.78. The SMILES string of the molecule is COc1cccc(C(O)C(C)(C)C)c1OC. The second kappa shape index (κ2) is 4.74. The molecule has 0 bridgehead atoms. The first kappa shape index (κ1) is 12.8. The highest BCUT2D eigenvalue weighted by atomic mass is 16.5. The molecule has 3 nitrogen and oxygen atoms in total. The Hall–Kier alpha value is -1.22. The standard InChI is InChI=1S/C13H20O3/c1-13(2,3)12(14)9-7-6-8-10(15-4)11(9)16-5/h6-8,12,14H,1-5H3. The Morgan fingerprint density at radius 2 is 1.75 bits per heavy atom. The largest absolute Gasteiger partial charge is 0.493 e. The number of para-hydroxylation sites is 1. The van der Waals surface area contributed by atoms with Crippen molar-refractivity contribution < 1.29 is 14.6 Å². The van der Waals surface area contributed by atoms with Gasteiger partial charge in [-0.15, -0.1) is 0 Å². The fourth-order valence-corrected chi connectivity index (χ4v) is 1.59. The number of benzene rings is 1. The van der Waals surface area contributed by atoms with Crippen LogP contribution in [0, 0.1) is 5.41 Å². The first-order valence-electron chi connectivity index (χ1n) is 5.30. The zero-order valence-corrected chi connectivity index (χ0v) is 10.6. The lowest BCUT2D eigenvalue weighted by Crippen LogP contribution is -2.18. The number of aliphatic hydroxyl groups is 1. The first-order valence-corrected chi connectivity index (χ1v) is 5.30. The van der Waals surface area contributed by atoms with Crippen LogP contribution in [-0.2, 0) is 0 Å². The Balaban J connectivity index is 3.23. The van der Waals surface area contributed by atoms with Gasteiger partial charge in [-0.3, -0.25) is 0 Å². The second-order valence-electron chi connectivity index (χ2n) is 4.85. The van der Waals surface area contributed by atoms with Crippen LogP contribution in [0.1, 0.15) is 32.4 Å². The van der Waals surface area contributed by atoms with E-state index in [2.05, 4.69) is 0 Å². The minimum absolute atomic E-state index is 0.236. The third-order valence-corrected chi connectivity index (χ3v) is 2.55. The van der Waals surface area contributed by atoms with Gasteiger partial charge in [-0.05, 0) is 11.5 Å². The molecule has 0 aliphatic rings. The van der Waals surface area contributed by atoms with E-state index >= 15 is 0 Å². The molecule has 0 spiro atoms. The molecule has 1 aromatic carbocycles. The highest BCUT2D eigenvalue weighted by Crippen LogP contribution is 2.41. The van der Waals surface area contributed by atoms with Crippen molar-refractivity contribution in [2.75, 3.05) is 14.2 Å². The number of aliphatic hydroxyl groups excluding tert-OH is 1. The van der Waals surface area contributed by atoms with E-state index in [4.69, 9.17) is 9.47 Å². The van der Waals surface area contributed by atoms with E-state index < -0.39 is 6.10 Å². The van der Waals surface area contributed by atoms with E-state index in [0.29, 0.717) is 11.5 Å². The average Bonchev–Trinajstić information content (AvgIpc) is 2.25. The molecule has 1 unspecified atom stereocenters. The zero-order valence-electron chi connectivity index (χ0n) is 10.6. The van der Waals surface area contributed by atoms with E-state index in [9.17, 15) is 5.11 Å².